The molecular weight excluding hydrogens is 627 g/mol. The molecule has 0 aromatic heterocycles. The first kappa shape index (κ1) is 35.5. The molecule has 0 aliphatic carbocycles. The zero-order chi connectivity index (χ0) is 34.8. The number of nitrogens with zero attached hydrogens (tertiary/aromatic N) is 1. The van der Waals surface area contributed by atoms with E-state index in [4.69, 9.17) is 9.47 Å². The number of benzene rings is 3. The molecule has 0 spiro atoms. The summed E-state index contributed by atoms with van der Waals surface area (Å²) < 4.78 is 26.0. The number of hydrogen-bond acceptors (Lipinski definition) is 6. The summed E-state index contributed by atoms with van der Waals surface area (Å²) in [6.45, 7) is 5.12. The van der Waals surface area contributed by atoms with Gasteiger partial charge in [0.15, 0.2) is 0 Å². The van der Waals surface area contributed by atoms with Crippen molar-refractivity contribution in [3.05, 3.63) is 101 Å². The van der Waals surface area contributed by atoms with E-state index in [9.17, 15) is 23.6 Å². The molecule has 10 nitrogen and oxygen atoms in total. The number of hydrogen-bond donors (Lipinski definition) is 3. The van der Waals surface area contributed by atoms with Crippen LogP contribution in [0.2, 0.25) is 0 Å². The highest BCUT2D eigenvalue weighted by molar-refractivity contribution is 5.99. The van der Waals surface area contributed by atoms with Gasteiger partial charge in [0.2, 0.25) is 17.7 Å². The molecule has 1 fully saturated rings. The second kappa shape index (κ2) is 16.6. The molecule has 3 aromatic rings. The van der Waals surface area contributed by atoms with Gasteiger partial charge in [-0.1, -0.05) is 68.4 Å². The average molecular weight is 673 g/mol. The number of para-hydroxylation sites is 1. The summed E-state index contributed by atoms with van der Waals surface area (Å²) in [5.74, 6) is -1.73. The first-order valence-corrected chi connectivity index (χ1v) is 16.9. The minimum atomic E-state index is -1.09. The third kappa shape index (κ3) is 9.44. The fourth-order valence-corrected chi connectivity index (χ4v) is 6.28. The molecule has 49 heavy (non-hydrogen) atoms. The van der Waals surface area contributed by atoms with Crippen molar-refractivity contribution in [1.29, 1.82) is 0 Å². The van der Waals surface area contributed by atoms with Gasteiger partial charge in [0.1, 0.15) is 24.2 Å². The van der Waals surface area contributed by atoms with Crippen LogP contribution >= 0.6 is 0 Å². The Labute approximate surface area is 286 Å². The van der Waals surface area contributed by atoms with E-state index in [2.05, 4.69) is 16.0 Å². The predicted octanol–water partition coefficient (Wildman–Crippen LogP) is 4.13. The molecule has 2 aliphatic heterocycles. The van der Waals surface area contributed by atoms with Crippen molar-refractivity contribution in [2.75, 3.05) is 32.9 Å². The number of fused-ring (bicyclic) bond motifs is 1. The Morgan fingerprint density at radius 3 is 2.45 bits per heavy atom. The van der Waals surface area contributed by atoms with E-state index >= 15 is 0 Å². The molecule has 0 saturated carbocycles. The van der Waals surface area contributed by atoms with Crippen LogP contribution < -0.4 is 20.7 Å². The lowest BCUT2D eigenvalue weighted by Gasteiger charge is -2.38. The highest BCUT2D eigenvalue weighted by Crippen LogP contribution is 2.34. The standard InChI is InChI=1S/C38H45FN4O6/c1-26(2)32-24-49-33-14-7-6-13-30(33)36(46)42-31(15-16-35(45)43(23-34(44)41-32)22-27-9-4-3-5-10-27)37(47)40-25-38(17-19-48-20-18-38)28-11-8-12-29(39)21-28/h3-14,21,26,31-32H,15-20,22-25H2,1-2H3,(H,40,47)(H,41,44)(H,42,46)/t31-,32+/m0/s1. The van der Waals surface area contributed by atoms with Gasteiger partial charge in [-0.2, -0.15) is 0 Å². The molecular formula is C38H45FN4O6. The van der Waals surface area contributed by atoms with Gasteiger partial charge in [-0.15, -0.1) is 0 Å². The number of carbonyl (C=O) groups excluding carboxylic acids is 4. The molecule has 3 N–H and O–H groups in total. The lowest BCUT2D eigenvalue weighted by molar-refractivity contribution is -0.137. The lowest BCUT2D eigenvalue weighted by atomic mass is 9.74. The van der Waals surface area contributed by atoms with E-state index in [-0.39, 0.29) is 68.2 Å². The van der Waals surface area contributed by atoms with E-state index in [0.29, 0.717) is 31.8 Å². The number of ether oxygens (including phenoxy) is 2. The zero-order valence-electron chi connectivity index (χ0n) is 28.1. The van der Waals surface area contributed by atoms with E-state index in [1.807, 2.05) is 50.2 Å². The maximum atomic E-state index is 14.3. The molecule has 0 unspecified atom stereocenters. The van der Waals surface area contributed by atoms with Crippen molar-refractivity contribution in [3.63, 3.8) is 0 Å². The van der Waals surface area contributed by atoms with Crippen molar-refractivity contribution in [2.45, 2.75) is 63.6 Å². The Kier molecular flexibility index (Phi) is 12.0. The molecule has 4 amide bonds. The molecule has 5 rings (SSSR count). The third-order valence-corrected chi connectivity index (χ3v) is 9.36. The van der Waals surface area contributed by atoms with Crippen LogP contribution in [-0.4, -0.2) is 73.5 Å². The summed E-state index contributed by atoms with van der Waals surface area (Å²) in [7, 11) is 0. The van der Waals surface area contributed by atoms with Gasteiger partial charge in [0.05, 0.1) is 18.2 Å². The molecule has 0 radical (unpaired) electrons. The molecule has 260 valence electrons. The van der Waals surface area contributed by atoms with Crippen molar-refractivity contribution in [1.82, 2.24) is 20.9 Å². The average Bonchev–Trinajstić information content (AvgIpc) is 3.11. The van der Waals surface area contributed by atoms with Crippen molar-refractivity contribution < 1.29 is 33.0 Å². The second-order valence-electron chi connectivity index (χ2n) is 13.1. The van der Waals surface area contributed by atoms with Crippen LogP contribution in [0.1, 0.15) is 61.0 Å². The predicted molar refractivity (Wildman–Crippen MR) is 182 cm³/mol. The van der Waals surface area contributed by atoms with E-state index < -0.39 is 29.3 Å². The van der Waals surface area contributed by atoms with E-state index in [1.54, 1.807) is 30.3 Å². The maximum Gasteiger partial charge on any atom is 0.255 e. The number of nitrogens with one attached hydrogen (secondary N) is 3. The SMILES string of the molecule is CC(C)[C@H]1COc2ccccc2C(=O)N[C@H](C(=O)NCC2(c3cccc(F)c3)CCOCC2)CCC(=O)N(Cc2ccccc2)CC(=O)N1. The van der Waals surface area contributed by atoms with Crippen LogP contribution in [0.25, 0.3) is 0 Å². The fourth-order valence-electron chi connectivity index (χ4n) is 6.28. The first-order valence-electron chi connectivity index (χ1n) is 16.9. The summed E-state index contributed by atoms with van der Waals surface area (Å²) in [6, 6.07) is 21.0. The highest BCUT2D eigenvalue weighted by atomic mass is 19.1. The largest absolute Gasteiger partial charge is 0.491 e. The monoisotopic (exact) mass is 672 g/mol. The van der Waals surface area contributed by atoms with E-state index in [1.165, 1.54) is 17.0 Å². The Morgan fingerprint density at radius 2 is 1.71 bits per heavy atom. The van der Waals surface area contributed by atoms with Crippen LogP contribution in [0.4, 0.5) is 4.39 Å². The van der Waals surface area contributed by atoms with Gasteiger partial charge < -0.3 is 30.3 Å². The Bertz CT molecular complexity index is 1610. The second-order valence-corrected chi connectivity index (χ2v) is 13.1. The van der Waals surface area contributed by atoms with Crippen LogP contribution in [0.5, 0.6) is 5.75 Å². The summed E-state index contributed by atoms with van der Waals surface area (Å²) in [5.41, 5.74) is 1.27. The zero-order valence-corrected chi connectivity index (χ0v) is 28.1. The van der Waals surface area contributed by atoms with Gasteiger partial charge in [0, 0.05) is 38.1 Å². The van der Waals surface area contributed by atoms with Crippen LogP contribution in [0.3, 0.4) is 0 Å². The minimum absolute atomic E-state index is 0.00151. The van der Waals surface area contributed by atoms with Crippen LogP contribution in [-0.2, 0) is 31.1 Å². The number of carbonyl (C=O) groups is 4. The lowest BCUT2D eigenvalue weighted by Crippen LogP contribution is -2.52. The maximum absolute atomic E-state index is 14.3. The molecule has 2 heterocycles. The summed E-state index contributed by atoms with van der Waals surface area (Å²) in [4.78, 5) is 56.2. The van der Waals surface area contributed by atoms with Crippen molar-refractivity contribution in [2.24, 2.45) is 5.92 Å². The van der Waals surface area contributed by atoms with Gasteiger partial charge in [-0.05, 0) is 60.6 Å². The summed E-state index contributed by atoms with van der Waals surface area (Å²) >= 11 is 0. The number of halogens is 1. The molecule has 2 atom stereocenters. The van der Waals surface area contributed by atoms with Crippen molar-refractivity contribution >= 4 is 23.6 Å². The third-order valence-electron chi connectivity index (χ3n) is 9.36. The van der Waals surface area contributed by atoms with Crippen molar-refractivity contribution in [3.8, 4) is 5.75 Å². The van der Waals surface area contributed by atoms with Gasteiger partial charge >= 0.3 is 0 Å². The number of amides is 4. The quantitative estimate of drug-likeness (QED) is 0.347. The smallest absolute Gasteiger partial charge is 0.255 e. The normalized spacial score (nSPS) is 20.6. The van der Waals surface area contributed by atoms with E-state index in [0.717, 1.165) is 11.1 Å². The summed E-state index contributed by atoms with van der Waals surface area (Å²) in [5, 5.41) is 8.86. The van der Waals surface area contributed by atoms with Gasteiger partial charge in [-0.3, -0.25) is 19.2 Å². The molecule has 2 aliphatic rings. The fraction of sp³-hybridized carbons (Fsp3) is 0.421. The molecule has 0 bridgehead atoms. The molecule has 3 aromatic carbocycles. The summed E-state index contributed by atoms with van der Waals surface area (Å²) in [6.07, 6.45) is 1.03. The Balaban J connectivity index is 1.42. The number of rotatable bonds is 7. The molecule has 11 heteroatoms. The van der Waals surface area contributed by atoms with Gasteiger partial charge in [-0.25, -0.2) is 4.39 Å². The highest BCUT2D eigenvalue weighted by Gasteiger charge is 2.36. The topological polar surface area (TPSA) is 126 Å². The molecule has 1 saturated heterocycles. The Hall–Kier alpha value is -4.77. The van der Waals surface area contributed by atoms with Crippen LogP contribution in [0, 0.1) is 11.7 Å². The van der Waals surface area contributed by atoms with Gasteiger partial charge in [0.25, 0.3) is 5.91 Å². The Morgan fingerprint density at radius 1 is 0.980 bits per heavy atom. The minimum Gasteiger partial charge on any atom is -0.491 e. The van der Waals surface area contributed by atoms with Crippen LogP contribution in [0.15, 0.2) is 78.9 Å². The first-order chi connectivity index (χ1) is 23.6.